The van der Waals surface area contributed by atoms with Crippen molar-refractivity contribution in [2.24, 2.45) is 22.7 Å². The van der Waals surface area contributed by atoms with Crippen LogP contribution in [0.3, 0.4) is 0 Å². The van der Waals surface area contributed by atoms with Crippen molar-refractivity contribution in [1.29, 1.82) is 0 Å². The highest BCUT2D eigenvalue weighted by molar-refractivity contribution is 6.13. The second-order valence-corrected chi connectivity index (χ2v) is 11.0. The lowest BCUT2D eigenvalue weighted by molar-refractivity contribution is -0.450. The van der Waals surface area contributed by atoms with Gasteiger partial charge in [-0.25, -0.2) is 0 Å². The molecule has 8 nitrogen and oxygen atoms in total. The molecule has 2 saturated heterocycles. The molecule has 4 N–H and O–H groups in total. The molecule has 5 fully saturated rings. The van der Waals surface area contributed by atoms with Crippen molar-refractivity contribution in [2.75, 3.05) is 0 Å². The summed E-state index contributed by atoms with van der Waals surface area (Å²) in [5.74, 6) is -9.12. The van der Waals surface area contributed by atoms with E-state index >= 15 is 0 Å². The van der Waals surface area contributed by atoms with Crippen LogP contribution >= 0.6 is 0 Å². The first-order valence-electron chi connectivity index (χ1n) is 12.1. The number of hydrogen-bond acceptors (Lipinski definition) is 8. The molecule has 8 atom stereocenters. The maximum Gasteiger partial charge on any atom is 0.210 e. The van der Waals surface area contributed by atoms with E-state index in [0.29, 0.717) is 0 Å². The Balaban J connectivity index is 1.93. The zero-order valence-electron chi connectivity index (χ0n) is 21.2. The van der Waals surface area contributed by atoms with Crippen LogP contribution in [-0.2, 0) is 19.1 Å². The number of Topliss-reactive ketones (excluding diaryl/α,β-unsaturated/α-hetero) is 2. The number of allylic oxidation sites excluding steroid dienone is 8. The summed E-state index contributed by atoms with van der Waals surface area (Å²) in [7, 11) is 0. The summed E-state index contributed by atoms with van der Waals surface area (Å²) >= 11 is 0. The van der Waals surface area contributed by atoms with E-state index < -0.39 is 57.0 Å². The van der Waals surface area contributed by atoms with Crippen molar-refractivity contribution in [3.8, 4) is 0 Å². The van der Waals surface area contributed by atoms with Crippen LogP contribution in [0, 0.1) is 22.7 Å². The fourth-order valence-electron chi connectivity index (χ4n) is 7.94. The Hall–Kier alpha value is -2.78. The van der Waals surface area contributed by atoms with E-state index in [-0.39, 0.29) is 22.7 Å². The highest BCUT2D eigenvalue weighted by atomic mass is 16.8. The van der Waals surface area contributed by atoms with Crippen LogP contribution < -0.4 is 0 Å². The summed E-state index contributed by atoms with van der Waals surface area (Å²) in [5.41, 5.74) is -7.52. The zero-order chi connectivity index (χ0) is 26.7. The number of rotatable bonds is 4. The Morgan fingerprint density at radius 3 is 1.33 bits per heavy atom. The third kappa shape index (κ3) is 2.15. The number of ketones is 2. The molecule has 0 radical (unpaired) electrons. The topological polar surface area (TPSA) is 134 Å². The summed E-state index contributed by atoms with van der Waals surface area (Å²) in [6.07, 6.45) is 12.6. The first-order chi connectivity index (χ1) is 16.7. The fraction of sp³-hybridized carbons (Fsp3) is 0.500. The third-order valence-corrected chi connectivity index (χ3v) is 9.41. The van der Waals surface area contributed by atoms with Crippen molar-refractivity contribution < 1.29 is 39.5 Å². The lowest BCUT2D eigenvalue weighted by atomic mass is 9.39. The molecule has 8 heteroatoms. The fourth-order valence-corrected chi connectivity index (χ4v) is 7.94. The van der Waals surface area contributed by atoms with Crippen molar-refractivity contribution in [3.63, 3.8) is 0 Å². The Morgan fingerprint density at radius 1 is 0.694 bits per heavy atom. The molecule has 2 aliphatic heterocycles. The minimum Gasteiger partial charge on any atom is -0.508 e. The van der Waals surface area contributed by atoms with E-state index in [2.05, 4.69) is 0 Å². The largest absolute Gasteiger partial charge is 0.508 e. The van der Waals surface area contributed by atoms with Gasteiger partial charge in [-0.05, 0) is 53.7 Å². The molecule has 5 aliphatic rings. The zero-order valence-corrected chi connectivity index (χ0v) is 21.2. The van der Waals surface area contributed by atoms with E-state index in [0.717, 1.165) is 0 Å². The van der Waals surface area contributed by atoms with Gasteiger partial charge in [0.1, 0.15) is 22.7 Å². The van der Waals surface area contributed by atoms with Crippen LogP contribution in [0.4, 0.5) is 0 Å². The molecule has 3 aliphatic carbocycles. The average molecular weight is 497 g/mol. The predicted molar refractivity (Wildman–Crippen MR) is 129 cm³/mol. The van der Waals surface area contributed by atoms with Gasteiger partial charge in [0.15, 0.2) is 11.6 Å². The van der Waals surface area contributed by atoms with Gasteiger partial charge in [-0.15, -0.1) is 0 Å². The van der Waals surface area contributed by atoms with Gasteiger partial charge in [-0.3, -0.25) is 9.59 Å². The lowest BCUT2D eigenvalue weighted by Crippen LogP contribution is -2.74. The van der Waals surface area contributed by atoms with Gasteiger partial charge in [-0.2, -0.15) is 0 Å². The SMILES string of the molecule is C/C=C\C=C\C(O)=C1C(=O)[C@@]2(C)[C@H]3C(=C(O)/C=C/C=C/C)C(=O)[C@@]4(C)[C@@H]1[C@]1(C)O[C@@]4(O)[C@@]3(C)O[C@@]12O. The van der Waals surface area contributed by atoms with Crippen LogP contribution in [0.15, 0.2) is 71.3 Å². The molecule has 192 valence electrons. The predicted octanol–water partition coefficient (Wildman–Crippen LogP) is 3.25. The molecule has 2 heterocycles. The Kier molecular flexibility index (Phi) is 4.81. The van der Waals surface area contributed by atoms with Gasteiger partial charge in [0.2, 0.25) is 11.6 Å². The van der Waals surface area contributed by atoms with Crippen LogP contribution in [0.25, 0.3) is 0 Å². The molecule has 3 saturated carbocycles. The molecule has 0 aromatic rings. The molecule has 0 aromatic carbocycles. The van der Waals surface area contributed by atoms with Gasteiger partial charge in [-0.1, -0.05) is 36.5 Å². The minimum absolute atomic E-state index is 0.113. The first-order valence-corrected chi connectivity index (χ1v) is 12.1. The third-order valence-electron chi connectivity index (χ3n) is 9.41. The summed E-state index contributed by atoms with van der Waals surface area (Å²) in [6, 6.07) is 0. The molecule has 8 bridgehead atoms. The molecule has 0 aromatic heterocycles. The highest BCUT2D eigenvalue weighted by Crippen LogP contribution is 2.83. The number of carbonyl (C=O) groups excluding carboxylic acids is 2. The van der Waals surface area contributed by atoms with Crippen molar-refractivity contribution in [2.45, 2.75) is 64.3 Å². The highest BCUT2D eigenvalue weighted by Gasteiger charge is 2.99. The van der Waals surface area contributed by atoms with Crippen LogP contribution in [0.2, 0.25) is 0 Å². The molecule has 0 unspecified atom stereocenters. The van der Waals surface area contributed by atoms with Crippen molar-refractivity contribution in [3.05, 3.63) is 71.3 Å². The monoisotopic (exact) mass is 496 g/mol. The number of carbonyl (C=O) groups is 2. The Morgan fingerprint density at radius 2 is 1.03 bits per heavy atom. The van der Waals surface area contributed by atoms with Gasteiger partial charge in [0.05, 0.1) is 10.8 Å². The van der Waals surface area contributed by atoms with E-state index in [1.807, 2.05) is 0 Å². The van der Waals surface area contributed by atoms with E-state index in [1.54, 1.807) is 50.3 Å². The molecule has 0 spiro atoms. The molecular weight excluding hydrogens is 464 g/mol. The van der Waals surface area contributed by atoms with Crippen LogP contribution in [0.1, 0.15) is 41.5 Å². The number of aliphatic hydroxyl groups excluding tert-OH is 2. The van der Waals surface area contributed by atoms with Crippen LogP contribution in [0.5, 0.6) is 0 Å². The Bertz CT molecular complexity index is 1190. The summed E-state index contributed by atoms with van der Waals surface area (Å²) in [4.78, 5) is 28.7. The summed E-state index contributed by atoms with van der Waals surface area (Å²) < 4.78 is 12.5. The van der Waals surface area contributed by atoms with E-state index in [4.69, 9.17) is 9.47 Å². The second kappa shape index (κ2) is 6.95. The van der Waals surface area contributed by atoms with Gasteiger partial charge in [0.25, 0.3) is 0 Å². The van der Waals surface area contributed by atoms with Crippen molar-refractivity contribution >= 4 is 11.6 Å². The van der Waals surface area contributed by atoms with Crippen LogP contribution in [-0.4, -0.2) is 54.8 Å². The lowest BCUT2D eigenvalue weighted by Gasteiger charge is -2.58. The maximum atomic E-state index is 14.3. The summed E-state index contributed by atoms with van der Waals surface area (Å²) in [6.45, 7) is 9.48. The number of aliphatic hydroxyl groups is 4. The smallest absolute Gasteiger partial charge is 0.210 e. The molecule has 5 rings (SSSR count). The van der Waals surface area contributed by atoms with Gasteiger partial charge >= 0.3 is 0 Å². The first kappa shape index (κ1) is 24.9. The minimum atomic E-state index is -2.26. The van der Waals surface area contributed by atoms with Crippen molar-refractivity contribution in [1.82, 2.24) is 0 Å². The van der Waals surface area contributed by atoms with Gasteiger partial charge in [0, 0.05) is 23.0 Å². The average Bonchev–Trinajstić information content (AvgIpc) is 3.12. The molecule has 36 heavy (non-hydrogen) atoms. The number of hydrogen-bond donors (Lipinski definition) is 4. The second-order valence-electron chi connectivity index (χ2n) is 11.0. The standard InChI is InChI=1S/C28H32O8/c1-7-9-11-13-15(29)17-19-23(3)22(32)18(16(30)14-12-10-8-2)20-24(4,21(17)31)28(34)25(19,5)35-27(23,33)26(20,6)36-28/h7-14,19-20,29-30,33-34H,1-6H3/b9-7-,10-8+,13-11+,14-12+,17-15?,18-16?/t19-,20-,23-,24-,25+,26+,27-,28-/m1/s1. The normalized spacial score (nSPS) is 51.8. The number of ether oxygens (including phenoxy) is 2. The molecular formula is C28H32O8. The van der Waals surface area contributed by atoms with E-state index in [1.165, 1.54) is 39.8 Å². The quantitative estimate of drug-likeness (QED) is 0.265. The Labute approximate surface area is 209 Å². The molecule has 0 amide bonds. The van der Waals surface area contributed by atoms with Gasteiger partial charge < -0.3 is 29.9 Å². The van der Waals surface area contributed by atoms with E-state index in [9.17, 15) is 30.0 Å². The maximum absolute atomic E-state index is 14.3. The summed E-state index contributed by atoms with van der Waals surface area (Å²) in [5, 5.41) is 46.6.